The van der Waals surface area contributed by atoms with Crippen LogP contribution < -0.4 is 10.5 Å². The van der Waals surface area contributed by atoms with Crippen molar-refractivity contribution in [1.29, 1.82) is 0 Å². The molecule has 18 heavy (non-hydrogen) atoms. The molecule has 2 aromatic carbocycles. The average Bonchev–Trinajstić information content (AvgIpc) is 2.25. The van der Waals surface area contributed by atoms with Gasteiger partial charge in [0.2, 0.25) is 0 Å². The molecule has 0 fully saturated rings. The zero-order valence-corrected chi connectivity index (χ0v) is 13.0. The first kappa shape index (κ1) is 13.5. The summed E-state index contributed by atoms with van der Waals surface area (Å²) >= 11 is 8.21. The van der Waals surface area contributed by atoms with E-state index in [9.17, 15) is 0 Å². The molecule has 2 aromatic rings. The van der Waals surface area contributed by atoms with Crippen LogP contribution in [0, 0.1) is 17.4 Å². The topological polar surface area (TPSA) is 35.2 Å². The van der Waals surface area contributed by atoms with E-state index in [2.05, 4.69) is 22.6 Å². The molecule has 0 radical (unpaired) electrons. The van der Waals surface area contributed by atoms with Crippen molar-refractivity contribution in [2.45, 2.75) is 13.8 Å². The predicted octanol–water partition coefficient (Wildman–Crippen LogP) is 4.94. The van der Waals surface area contributed by atoms with Crippen LogP contribution >= 0.6 is 34.2 Å². The van der Waals surface area contributed by atoms with Gasteiger partial charge in [0, 0.05) is 8.59 Å². The van der Waals surface area contributed by atoms with Crippen LogP contribution in [0.3, 0.4) is 0 Å². The molecule has 2 nitrogen and oxygen atoms in total. The van der Waals surface area contributed by atoms with Gasteiger partial charge in [-0.3, -0.25) is 0 Å². The molecule has 2 N–H and O–H groups in total. The zero-order chi connectivity index (χ0) is 13.3. The molecular weight excluding hydrogens is 361 g/mol. The van der Waals surface area contributed by atoms with Gasteiger partial charge in [-0.25, -0.2) is 0 Å². The Morgan fingerprint density at radius 2 is 1.72 bits per heavy atom. The van der Waals surface area contributed by atoms with Crippen LogP contribution in [0.1, 0.15) is 11.1 Å². The monoisotopic (exact) mass is 373 g/mol. The fraction of sp³-hybridized carbons (Fsp3) is 0.143. The van der Waals surface area contributed by atoms with E-state index in [1.807, 2.05) is 44.2 Å². The van der Waals surface area contributed by atoms with Crippen molar-refractivity contribution in [3.63, 3.8) is 0 Å². The van der Waals surface area contributed by atoms with Crippen LogP contribution in [0.25, 0.3) is 0 Å². The number of nitrogen functional groups attached to an aromatic ring is 1. The first-order chi connectivity index (χ1) is 8.47. The van der Waals surface area contributed by atoms with Gasteiger partial charge in [-0.05, 0) is 77.9 Å². The third-order valence-corrected chi connectivity index (χ3v) is 3.50. The Bertz CT molecular complexity index is 575. The molecule has 0 amide bonds. The second kappa shape index (κ2) is 5.36. The van der Waals surface area contributed by atoms with E-state index >= 15 is 0 Å². The third kappa shape index (κ3) is 2.90. The minimum atomic E-state index is 0.635. The van der Waals surface area contributed by atoms with E-state index in [1.54, 1.807) is 0 Å². The largest absolute Gasteiger partial charge is 0.455 e. The molecule has 0 aliphatic rings. The predicted molar refractivity (Wildman–Crippen MR) is 84.6 cm³/mol. The maximum Gasteiger partial charge on any atom is 0.150 e. The molecule has 94 valence electrons. The highest BCUT2D eigenvalue weighted by molar-refractivity contribution is 14.1. The minimum Gasteiger partial charge on any atom is -0.455 e. The second-order valence-corrected chi connectivity index (χ2v) is 5.83. The van der Waals surface area contributed by atoms with Gasteiger partial charge in [0.15, 0.2) is 0 Å². The summed E-state index contributed by atoms with van der Waals surface area (Å²) in [5.74, 6) is 1.48. The standard InChI is InChI=1S/C14H13ClINO/c1-8-5-10(15)6-9(2)14(8)18-13-4-3-11(16)7-12(13)17/h3-7H,17H2,1-2H3. The molecule has 0 saturated carbocycles. The van der Waals surface area contributed by atoms with E-state index in [1.165, 1.54) is 0 Å². The highest BCUT2D eigenvalue weighted by atomic mass is 127. The summed E-state index contributed by atoms with van der Waals surface area (Å²) in [5, 5.41) is 0.716. The summed E-state index contributed by atoms with van der Waals surface area (Å²) in [4.78, 5) is 0. The lowest BCUT2D eigenvalue weighted by molar-refractivity contribution is 0.477. The minimum absolute atomic E-state index is 0.635. The molecular formula is C14H13ClINO. The fourth-order valence-electron chi connectivity index (χ4n) is 1.78. The van der Waals surface area contributed by atoms with Crippen LogP contribution in [-0.4, -0.2) is 0 Å². The quantitative estimate of drug-likeness (QED) is 0.598. The summed E-state index contributed by atoms with van der Waals surface area (Å²) in [6.07, 6.45) is 0. The van der Waals surface area contributed by atoms with Gasteiger partial charge in [0.05, 0.1) is 5.69 Å². The molecule has 0 spiro atoms. The number of hydrogen-bond acceptors (Lipinski definition) is 2. The van der Waals surface area contributed by atoms with Gasteiger partial charge in [-0.15, -0.1) is 0 Å². The molecule has 0 aromatic heterocycles. The maximum absolute atomic E-state index is 6.00. The van der Waals surface area contributed by atoms with Gasteiger partial charge in [-0.1, -0.05) is 11.6 Å². The van der Waals surface area contributed by atoms with E-state index < -0.39 is 0 Å². The van der Waals surface area contributed by atoms with E-state index in [-0.39, 0.29) is 0 Å². The normalized spacial score (nSPS) is 10.4. The highest BCUT2D eigenvalue weighted by Crippen LogP contribution is 2.34. The lowest BCUT2D eigenvalue weighted by atomic mass is 10.1. The lowest BCUT2D eigenvalue weighted by Gasteiger charge is -2.14. The summed E-state index contributed by atoms with van der Waals surface area (Å²) < 4.78 is 6.98. The molecule has 0 saturated heterocycles. The van der Waals surface area contributed by atoms with Crippen molar-refractivity contribution in [3.05, 3.63) is 50.1 Å². The van der Waals surface area contributed by atoms with Crippen LogP contribution in [0.5, 0.6) is 11.5 Å². The first-order valence-corrected chi connectivity index (χ1v) is 6.92. The number of anilines is 1. The lowest BCUT2D eigenvalue weighted by Crippen LogP contribution is -1.96. The van der Waals surface area contributed by atoms with E-state index in [4.69, 9.17) is 22.1 Å². The van der Waals surface area contributed by atoms with Crippen LogP contribution in [0.15, 0.2) is 30.3 Å². The second-order valence-electron chi connectivity index (χ2n) is 4.15. The maximum atomic E-state index is 6.00. The van der Waals surface area contributed by atoms with Gasteiger partial charge in [0.1, 0.15) is 11.5 Å². The van der Waals surface area contributed by atoms with E-state index in [0.717, 1.165) is 20.4 Å². The van der Waals surface area contributed by atoms with Gasteiger partial charge in [-0.2, -0.15) is 0 Å². The first-order valence-electron chi connectivity index (χ1n) is 5.47. The molecule has 0 unspecified atom stereocenters. The molecule has 0 aliphatic heterocycles. The summed E-state index contributed by atoms with van der Waals surface area (Å²) in [5.41, 5.74) is 8.57. The average molecular weight is 374 g/mol. The Hall–Kier alpha value is -0.940. The van der Waals surface area contributed by atoms with Crippen molar-refractivity contribution < 1.29 is 4.74 Å². The van der Waals surface area contributed by atoms with Crippen LogP contribution in [0.4, 0.5) is 5.69 Å². The van der Waals surface area contributed by atoms with Crippen molar-refractivity contribution in [2.24, 2.45) is 0 Å². The molecule has 0 aliphatic carbocycles. The SMILES string of the molecule is Cc1cc(Cl)cc(C)c1Oc1ccc(I)cc1N. The Morgan fingerprint density at radius 3 is 2.28 bits per heavy atom. The summed E-state index contributed by atoms with van der Waals surface area (Å²) in [6.45, 7) is 3.94. The van der Waals surface area contributed by atoms with E-state index in [0.29, 0.717) is 16.5 Å². The Morgan fingerprint density at radius 1 is 1.11 bits per heavy atom. The van der Waals surface area contributed by atoms with Crippen molar-refractivity contribution in [2.75, 3.05) is 5.73 Å². The van der Waals surface area contributed by atoms with Crippen molar-refractivity contribution >= 4 is 39.9 Å². The fourth-order valence-corrected chi connectivity index (χ4v) is 2.62. The number of benzene rings is 2. The Kier molecular flexibility index (Phi) is 4.02. The Labute approximate surface area is 125 Å². The van der Waals surface area contributed by atoms with Crippen LogP contribution in [0.2, 0.25) is 5.02 Å². The number of halogens is 2. The molecule has 0 heterocycles. The number of ether oxygens (including phenoxy) is 1. The molecule has 4 heteroatoms. The molecule has 0 bridgehead atoms. The summed E-state index contributed by atoms with van der Waals surface area (Å²) in [7, 11) is 0. The molecule has 0 atom stereocenters. The van der Waals surface area contributed by atoms with Gasteiger partial charge >= 0.3 is 0 Å². The van der Waals surface area contributed by atoms with Crippen LogP contribution in [-0.2, 0) is 0 Å². The number of hydrogen-bond donors (Lipinski definition) is 1. The zero-order valence-electron chi connectivity index (χ0n) is 10.1. The number of nitrogens with two attached hydrogens (primary N) is 1. The summed E-state index contributed by atoms with van der Waals surface area (Å²) in [6, 6.07) is 9.49. The smallest absolute Gasteiger partial charge is 0.150 e. The van der Waals surface area contributed by atoms with Gasteiger partial charge in [0.25, 0.3) is 0 Å². The Balaban J connectivity index is 2.40. The van der Waals surface area contributed by atoms with Gasteiger partial charge < -0.3 is 10.5 Å². The molecule has 2 rings (SSSR count). The van der Waals surface area contributed by atoms with Crippen molar-refractivity contribution in [3.8, 4) is 11.5 Å². The third-order valence-electron chi connectivity index (χ3n) is 2.61. The van der Waals surface area contributed by atoms with Crippen molar-refractivity contribution in [1.82, 2.24) is 0 Å². The number of rotatable bonds is 2. The number of aryl methyl sites for hydroxylation is 2. The highest BCUT2D eigenvalue weighted by Gasteiger charge is 2.09.